The standard InChI is InChI=1S/C10H12Cl2N2O/c11-9-5-8(6-10(12)13-9)7-14-1-3-15-4-2-14/h5-6H,1-4,7H2. The van der Waals surface area contributed by atoms with E-state index in [-0.39, 0.29) is 0 Å². The van der Waals surface area contributed by atoms with Crippen molar-refractivity contribution in [3.63, 3.8) is 0 Å². The molecular weight excluding hydrogens is 235 g/mol. The van der Waals surface area contributed by atoms with Crippen molar-refractivity contribution in [2.45, 2.75) is 6.54 Å². The minimum atomic E-state index is 0.450. The molecule has 1 aromatic rings. The van der Waals surface area contributed by atoms with Crippen LogP contribution in [0.2, 0.25) is 10.3 Å². The van der Waals surface area contributed by atoms with Gasteiger partial charge in [-0.2, -0.15) is 0 Å². The second kappa shape index (κ2) is 5.12. The normalized spacial score (nSPS) is 18.0. The molecule has 0 radical (unpaired) electrons. The molecule has 0 unspecified atom stereocenters. The van der Waals surface area contributed by atoms with Crippen LogP contribution in [0.15, 0.2) is 12.1 Å². The van der Waals surface area contributed by atoms with E-state index in [9.17, 15) is 0 Å². The van der Waals surface area contributed by atoms with Crippen molar-refractivity contribution >= 4 is 23.2 Å². The molecule has 1 aliphatic rings. The molecule has 5 heteroatoms. The van der Waals surface area contributed by atoms with Crippen molar-refractivity contribution in [1.29, 1.82) is 0 Å². The summed E-state index contributed by atoms with van der Waals surface area (Å²) in [5, 5.41) is 0.900. The Hall–Kier alpha value is -0.350. The highest BCUT2D eigenvalue weighted by Gasteiger charge is 2.11. The van der Waals surface area contributed by atoms with Crippen LogP contribution in [-0.2, 0) is 11.3 Å². The maximum absolute atomic E-state index is 5.83. The Morgan fingerprint density at radius 1 is 1.20 bits per heavy atom. The van der Waals surface area contributed by atoms with E-state index in [1.807, 2.05) is 12.1 Å². The highest BCUT2D eigenvalue weighted by Crippen LogP contribution is 2.16. The van der Waals surface area contributed by atoms with Crippen LogP contribution in [0.25, 0.3) is 0 Å². The van der Waals surface area contributed by atoms with E-state index in [0.29, 0.717) is 10.3 Å². The summed E-state index contributed by atoms with van der Waals surface area (Å²) in [7, 11) is 0. The second-order valence-electron chi connectivity index (χ2n) is 3.51. The molecule has 15 heavy (non-hydrogen) atoms. The third-order valence-corrected chi connectivity index (χ3v) is 2.72. The number of aromatic nitrogens is 1. The van der Waals surface area contributed by atoms with Gasteiger partial charge in [0, 0.05) is 19.6 Å². The zero-order chi connectivity index (χ0) is 10.7. The highest BCUT2D eigenvalue weighted by atomic mass is 35.5. The number of hydrogen-bond acceptors (Lipinski definition) is 3. The van der Waals surface area contributed by atoms with Gasteiger partial charge in [-0.15, -0.1) is 0 Å². The number of halogens is 2. The molecule has 0 bridgehead atoms. The van der Waals surface area contributed by atoms with Crippen molar-refractivity contribution in [3.8, 4) is 0 Å². The van der Waals surface area contributed by atoms with Crippen molar-refractivity contribution < 1.29 is 4.74 Å². The number of hydrogen-bond donors (Lipinski definition) is 0. The van der Waals surface area contributed by atoms with Gasteiger partial charge in [0.05, 0.1) is 13.2 Å². The summed E-state index contributed by atoms with van der Waals surface area (Å²) >= 11 is 11.7. The molecule has 2 rings (SSSR count). The molecule has 0 aliphatic carbocycles. The van der Waals surface area contributed by atoms with Gasteiger partial charge < -0.3 is 4.74 Å². The summed E-state index contributed by atoms with van der Waals surface area (Å²) in [4.78, 5) is 6.23. The monoisotopic (exact) mass is 246 g/mol. The van der Waals surface area contributed by atoms with E-state index in [1.54, 1.807) is 0 Å². The molecule has 1 aliphatic heterocycles. The van der Waals surface area contributed by atoms with Crippen LogP contribution in [0.1, 0.15) is 5.56 Å². The van der Waals surface area contributed by atoms with Gasteiger partial charge in [0.1, 0.15) is 10.3 Å². The predicted octanol–water partition coefficient (Wildman–Crippen LogP) is 2.22. The molecule has 0 aromatic carbocycles. The Morgan fingerprint density at radius 3 is 2.40 bits per heavy atom. The highest BCUT2D eigenvalue weighted by molar-refractivity contribution is 6.32. The molecule has 0 N–H and O–H groups in total. The third kappa shape index (κ3) is 3.31. The maximum atomic E-state index is 5.83. The van der Waals surface area contributed by atoms with Gasteiger partial charge in [-0.1, -0.05) is 23.2 Å². The molecule has 0 amide bonds. The van der Waals surface area contributed by atoms with Gasteiger partial charge in [-0.05, 0) is 17.7 Å². The molecule has 1 aromatic heterocycles. The second-order valence-corrected chi connectivity index (χ2v) is 4.28. The first-order valence-corrected chi connectivity index (χ1v) is 5.62. The van der Waals surface area contributed by atoms with E-state index in [2.05, 4.69) is 9.88 Å². The van der Waals surface area contributed by atoms with E-state index < -0.39 is 0 Å². The lowest BCUT2D eigenvalue weighted by Gasteiger charge is -2.26. The fourth-order valence-corrected chi connectivity index (χ4v) is 2.13. The van der Waals surface area contributed by atoms with Crippen LogP contribution in [0, 0.1) is 0 Å². The fraction of sp³-hybridized carbons (Fsp3) is 0.500. The Morgan fingerprint density at radius 2 is 1.80 bits per heavy atom. The quantitative estimate of drug-likeness (QED) is 0.749. The Balaban J connectivity index is 2.02. The molecule has 3 nitrogen and oxygen atoms in total. The van der Waals surface area contributed by atoms with Crippen LogP contribution in [-0.4, -0.2) is 36.2 Å². The van der Waals surface area contributed by atoms with Gasteiger partial charge in [0.15, 0.2) is 0 Å². The molecule has 82 valence electrons. The Labute approximate surface area is 98.9 Å². The summed E-state index contributed by atoms with van der Waals surface area (Å²) in [6.07, 6.45) is 0. The van der Waals surface area contributed by atoms with Gasteiger partial charge in [-0.3, -0.25) is 4.90 Å². The van der Waals surface area contributed by atoms with Crippen LogP contribution < -0.4 is 0 Å². The average molecular weight is 247 g/mol. The van der Waals surface area contributed by atoms with Crippen molar-refractivity contribution in [2.75, 3.05) is 26.3 Å². The number of ether oxygens (including phenoxy) is 1. The Kier molecular flexibility index (Phi) is 3.81. The van der Waals surface area contributed by atoms with Crippen molar-refractivity contribution in [2.24, 2.45) is 0 Å². The van der Waals surface area contributed by atoms with E-state index in [0.717, 1.165) is 38.4 Å². The van der Waals surface area contributed by atoms with Gasteiger partial charge in [0.25, 0.3) is 0 Å². The first-order valence-electron chi connectivity index (χ1n) is 4.86. The zero-order valence-corrected chi connectivity index (χ0v) is 9.76. The zero-order valence-electron chi connectivity index (χ0n) is 8.25. The fourth-order valence-electron chi connectivity index (χ4n) is 1.62. The number of pyridine rings is 1. The summed E-state index contributed by atoms with van der Waals surface area (Å²) < 4.78 is 5.28. The minimum absolute atomic E-state index is 0.450. The van der Waals surface area contributed by atoms with E-state index in [4.69, 9.17) is 27.9 Å². The van der Waals surface area contributed by atoms with Crippen LogP contribution in [0.3, 0.4) is 0 Å². The summed E-state index contributed by atoms with van der Waals surface area (Å²) in [5.74, 6) is 0. The number of rotatable bonds is 2. The van der Waals surface area contributed by atoms with Gasteiger partial charge in [0.2, 0.25) is 0 Å². The van der Waals surface area contributed by atoms with Crippen molar-refractivity contribution in [3.05, 3.63) is 28.0 Å². The van der Waals surface area contributed by atoms with Gasteiger partial charge in [-0.25, -0.2) is 4.98 Å². The van der Waals surface area contributed by atoms with Crippen LogP contribution in [0.5, 0.6) is 0 Å². The lowest BCUT2D eigenvalue weighted by molar-refractivity contribution is 0.0342. The Bertz CT molecular complexity index is 320. The molecular formula is C10H12Cl2N2O. The summed E-state index contributed by atoms with van der Waals surface area (Å²) in [6, 6.07) is 3.70. The largest absolute Gasteiger partial charge is 0.379 e. The van der Waals surface area contributed by atoms with Crippen molar-refractivity contribution in [1.82, 2.24) is 9.88 Å². The first-order chi connectivity index (χ1) is 7.24. The van der Waals surface area contributed by atoms with Crippen LogP contribution >= 0.6 is 23.2 Å². The SMILES string of the molecule is Clc1cc(CN2CCOCC2)cc(Cl)n1. The molecule has 1 saturated heterocycles. The molecule has 0 spiro atoms. The summed E-state index contributed by atoms with van der Waals surface area (Å²) in [5.41, 5.74) is 1.10. The number of morpholine rings is 1. The topological polar surface area (TPSA) is 25.4 Å². The first kappa shape index (κ1) is 11.1. The molecule has 0 atom stereocenters. The molecule has 1 fully saturated rings. The maximum Gasteiger partial charge on any atom is 0.131 e. The lowest BCUT2D eigenvalue weighted by atomic mass is 10.2. The predicted molar refractivity (Wildman–Crippen MR) is 60.4 cm³/mol. The lowest BCUT2D eigenvalue weighted by Crippen LogP contribution is -2.35. The third-order valence-electron chi connectivity index (χ3n) is 2.33. The van der Waals surface area contributed by atoms with Gasteiger partial charge >= 0.3 is 0 Å². The minimum Gasteiger partial charge on any atom is -0.379 e. The average Bonchev–Trinajstić information content (AvgIpc) is 2.17. The van der Waals surface area contributed by atoms with Crippen LogP contribution in [0.4, 0.5) is 0 Å². The van der Waals surface area contributed by atoms with E-state index in [1.165, 1.54) is 0 Å². The summed E-state index contributed by atoms with van der Waals surface area (Å²) in [6.45, 7) is 4.36. The van der Waals surface area contributed by atoms with E-state index >= 15 is 0 Å². The molecule has 2 heterocycles. The number of nitrogens with zero attached hydrogens (tertiary/aromatic N) is 2. The smallest absolute Gasteiger partial charge is 0.131 e. The molecule has 0 saturated carbocycles.